The minimum atomic E-state index is -0.842. The fourth-order valence-corrected chi connectivity index (χ4v) is 4.32. The molecule has 2 fully saturated rings. The summed E-state index contributed by atoms with van der Waals surface area (Å²) >= 11 is 0. The van der Waals surface area contributed by atoms with Crippen molar-refractivity contribution in [3.63, 3.8) is 0 Å². The molecule has 2 saturated heterocycles. The number of aliphatic hydroxyl groups excluding tert-OH is 1. The van der Waals surface area contributed by atoms with Gasteiger partial charge in [0, 0.05) is 31.7 Å². The number of methoxy groups -OCH3 is 2. The van der Waals surface area contributed by atoms with Crippen molar-refractivity contribution < 1.29 is 33.3 Å². The molecule has 0 spiro atoms. The van der Waals surface area contributed by atoms with Crippen molar-refractivity contribution in [3.05, 3.63) is 65.0 Å². The van der Waals surface area contributed by atoms with Crippen LogP contribution in [0, 0.1) is 5.82 Å². The number of ketones is 1. The number of ether oxygens (including phenoxy) is 3. The number of hydrogen-bond donors (Lipinski definition) is 1. The Morgan fingerprint density at radius 2 is 1.71 bits per heavy atom. The van der Waals surface area contributed by atoms with E-state index in [1.54, 1.807) is 18.2 Å². The Bertz CT molecular complexity index is 1100. The molecule has 4 rings (SSSR count). The quantitative estimate of drug-likeness (QED) is 0.378. The summed E-state index contributed by atoms with van der Waals surface area (Å²) in [5.74, 6) is -1.39. The Labute approximate surface area is 197 Å². The molecule has 0 aromatic heterocycles. The van der Waals surface area contributed by atoms with Gasteiger partial charge in [-0.3, -0.25) is 14.5 Å². The number of likely N-dealkylation sites (tertiary alicyclic amines) is 1. The lowest BCUT2D eigenvalue weighted by atomic mass is 9.95. The third-order valence-corrected chi connectivity index (χ3v) is 6.14. The largest absolute Gasteiger partial charge is 0.507 e. The highest BCUT2D eigenvalue weighted by Gasteiger charge is 2.46. The van der Waals surface area contributed by atoms with Crippen LogP contribution in [-0.4, -0.2) is 80.2 Å². The molecule has 34 heavy (non-hydrogen) atoms. The van der Waals surface area contributed by atoms with E-state index >= 15 is 0 Å². The van der Waals surface area contributed by atoms with E-state index in [1.165, 1.54) is 43.4 Å². The lowest BCUT2D eigenvalue weighted by Crippen LogP contribution is -2.42. The Morgan fingerprint density at radius 3 is 2.35 bits per heavy atom. The normalized spacial score (nSPS) is 20.6. The summed E-state index contributed by atoms with van der Waals surface area (Å²) in [4.78, 5) is 29.9. The van der Waals surface area contributed by atoms with E-state index in [0.29, 0.717) is 36.8 Å². The molecule has 180 valence electrons. The molecule has 2 aliphatic rings. The third-order valence-electron chi connectivity index (χ3n) is 6.14. The van der Waals surface area contributed by atoms with Gasteiger partial charge in [-0.05, 0) is 42.0 Å². The number of carbonyl (C=O) groups is 2. The second-order valence-electron chi connectivity index (χ2n) is 8.07. The van der Waals surface area contributed by atoms with Crippen molar-refractivity contribution in [1.29, 1.82) is 0 Å². The Balaban J connectivity index is 1.77. The van der Waals surface area contributed by atoms with E-state index in [9.17, 15) is 19.1 Å². The minimum Gasteiger partial charge on any atom is -0.507 e. The van der Waals surface area contributed by atoms with Crippen LogP contribution < -0.4 is 9.47 Å². The highest BCUT2D eigenvalue weighted by atomic mass is 19.1. The molecule has 2 aromatic rings. The molecular weight excluding hydrogens is 443 g/mol. The molecule has 2 aliphatic heterocycles. The monoisotopic (exact) mass is 470 g/mol. The molecule has 1 unspecified atom stereocenters. The zero-order valence-electron chi connectivity index (χ0n) is 19.1. The molecule has 2 aromatic carbocycles. The summed E-state index contributed by atoms with van der Waals surface area (Å²) < 4.78 is 29.6. The average molecular weight is 470 g/mol. The topological polar surface area (TPSA) is 88.5 Å². The molecule has 9 heteroatoms. The fraction of sp³-hybridized carbons (Fsp3) is 0.360. The molecule has 0 saturated carbocycles. The summed E-state index contributed by atoms with van der Waals surface area (Å²) in [6.45, 7) is 3.53. The van der Waals surface area contributed by atoms with Crippen molar-refractivity contribution in [2.75, 3.05) is 53.6 Å². The van der Waals surface area contributed by atoms with Gasteiger partial charge in [0.25, 0.3) is 11.7 Å². The number of aliphatic hydroxyl groups is 1. The van der Waals surface area contributed by atoms with Crippen LogP contribution in [0.15, 0.2) is 48.0 Å². The number of halogens is 1. The smallest absolute Gasteiger partial charge is 0.295 e. The number of nitrogens with zero attached hydrogens (tertiary/aromatic N) is 2. The van der Waals surface area contributed by atoms with Crippen LogP contribution in [0.5, 0.6) is 11.5 Å². The maximum Gasteiger partial charge on any atom is 0.295 e. The molecule has 8 nitrogen and oxygen atoms in total. The van der Waals surface area contributed by atoms with Crippen molar-refractivity contribution in [1.82, 2.24) is 9.80 Å². The number of Topliss-reactive ketones (excluding diaryl/α,β-unsaturated/α-hetero) is 1. The Kier molecular flexibility index (Phi) is 7.14. The SMILES string of the molecule is COc1ccc(C2C(=C(O)c3ccc(F)cc3)C(=O)C(=O)N2CCN2CCOCC2)cc1OC. The third kappa shape index (κ3) is 4.62. The van der Waals surface area contributed by atoms with E-state index in [4.69, 9.17) is 14.2 Å². The van der Waals surface area contributed by atoms with Crippen LogP contribution in [0.2, 0.25) is 0 Å². The van der Waals surface area contributed by atoms with Gasteiger partial charge in [-0.15, -0.1) is 0 Å². The van der Waals surface area contributed by atoms with Crippen LogP contribution in [0.1, 0.15) is 17.2 Å². The van der Waals surface area contributed by atoms with Gasteiger partial charge in [0.2, 0.25) is 0 Å². The molecule has 1 N–H and O–H groups in total. The van der Waals surface area contributed by atoms with E-state index < -0.39 is 23.5 Å². The fourth-order valence-electron chi connectivity index (χ4n) is 4.32. The number of rotatable bonds is 7. The first-order valence-electron chi connectivity index (χ1n) is 11.0. The molecule has 1 atom stereocenters. The van der Waals surface area contributed by atoms with Gasteiger partial charge in [0.15, 0.2) is 11.5 Å². The predicted molar refractivity (Wildman–Crippen MR) is 122 cm³/mol. The van der Waals surface area contributed by atoms with Gasteiger partial charge >= 0.3 is 0 Å². The second-order valence-corrected chi connectivity index (χ2v) is 8.07. The molecule has 0 bridgehead atoms. The van der Waals surface area contributed by atoms with Gasteiger partial charge in [0.1, 0.15) is 11.6 Å². The van der Waals surface area contributed by atoms with Crippen LogP contribution in [0.3, 0.4) is 0 Å². The summed E-state index contributed by atoms with van der Waals surface area (Å²) in [5.41, 5.74) is 0.784. The van der Waals surface area contributed by atoms with Crippen molar-refractivity contribution in [2.24, 2.45) is 0 Å². The highest BCUT2D eigenvalue weighted by Crippen LogP contribution is 2.41. The zero-order valence-corrected chi connectivity index (χ0v) is 19.1. The zero-order chi connectivity index (χ0) is 24.2. The number of amides is 1. The molecule has 2 heterocycles. The number of benzene rings is 2. The first kappa shape index (κ1) is 23.7. The minimum absolute atomic E-state index is 0.0502. The van der Waals surface area contributed by atoms with Crippen LogP contribution in [-0.2, 0) is 14.3 Å². The van der Waals surface area contributed by atoms with Gasteiger partial charge in [-0.25, -0.2) is 4.39 Å². The summed E-state index contributed by atoms with van der Waals surface area (Å²) in [5, 5.41) is 11.1. The molecule has 1 amide bonds. The van der Waals surface area contributed by atoms with Crippen LogP contribution in [0.4, 0.5) is 4.39 Å². The van der Waals surface area contributed by atoms with Crippen molar-refractivity contribution >= 4 is 17.4 Å². The lowest BCUT2D eigenvalue weighted by Gasteiger charge is -2.31. The van der Waals surface area contributed by atoms with Gasteiger partial charge in [-0.2, -0.15) is 0 Å². The van der Waals surface area contributed by atoms with Crippen molar-refractivity contribution in [2.45, 2.75) is 6.04 Å². The van der Waals surface area contributed by atoms with Gasteiger partial charge in [0.05, 0.1) is 39.0 Å². The second kappa shape index (κ2) is 10.2. The molecular formula is C25H27FN2O6. The van der Waals surface area contributed by atoms with E-state index in [2.05, 4.69) is 4.90 Å². The molecule has 0 radical (unpaired) electrons. The van der Waals surface area contributed by atoms with E-state index in [1.807, 2.05) is 0 Å². The van der Waals surface area contributed by atoms with Crippen molar-refractivity contribution in [3.8, 4) is 11.5 Å². The average Bonchev–Trinajstić information content (AvgIpc) is 3.12. The first-order valence-corrected chi connectivity index (χ1v) is 11.0. The summed E-state index contributed by atoms with van der Waals surface area (Å²) in [7, 11) is 3.01. The summed E-state index contributed by atoms with van der Waals surface area (Å²) in [6, 6.07) is 9.39. The van der Waals surface area contributed by atoms with Crippen LogP contribution in [0.25, 0.3) is 5.76 Å². The maximum atomic E-state index is 13.4. The van der Waals surface area contributed by atoms with Crippen LogP contribution >= 0.6 is 0 Å². The summed E-state index contributed by atoms with van der Waals surface area (Å²) in [6.07, 6.45) is 0. The van der Waals surface area contributed by atoms with E-state index in [0.717, 1.165) is 13.1 Å². The number of carbonyl (C=O) groups excluding carboxylic acids is 2. The maximum absolute atomic E-state index is 13.4. The number of hydrogen-bond acceptors (Lipinski definition) is 7. The molecule has 0 aliphatic carbocycles. The Hall–Kier alpha value is -3.43. The highest BCUT2D eigenvalue weighted by molar-refractivity contribution is 6.46. The lowest BCUT2D eigenvalue weighted by molar-refractivity contribution is -0.140. The Morgan fingerprint density at radius 1 is 1.03 bits per heavy atom. The first-order chi connectivity index (χ1) is 16.4. The standard InChI is InChI=1S/C25H27FN2O6/c1-32-19-8-5-17(15-20(19)33-2)22-21(23(29)16-3-6-18(26)7-4-16)24(30)25(31)28(22)10-9-27-11-13-34-14-12-27/h3-8,15,22,29H,9-14H2,1-2H3. The predicted octanol–water partition coefficient (Wildman–Crippen LogP) is 2.60. The van der Waals surface area contributed by atoms with Gasteiger partial charge in [-0.1, -0.05) is 6.07 Å². The van der Waals surface area contributed by atoms with Gasteiger partial charge < -0.3 is 24.2 Å². The number of morpholine rings is 1. The van der Waals surface area contributed by atoms with E-state index in [-0.39, 0.29) is 23.4 Å².